The van der Waals surface area contributed by atoms with Crippen LogP contribution in [0.2, 0.25) is 0 Å². The molecule has 0 unspecified atom stereocenters. The smallest absolute Gasteiger partial charge is 0.317 e. The maximum atomic E-state index is 13.0. The van der Waals surface area contributed by atoms with Gasteiger partial charge in [0.05, 0.1) is 0 Å². The molecule has 2 aliphatic rings. The lowest BCUT2D eigenvalue weighted by atomic mass is 9.85. The van der Waals surface area contributed by atoms with Crippen molar-refractivity contribution in [1.82, 2.24) is 25.1 Å². The number of nitrogens with zero attached hydrogens (tertiary/aromatic N) is 3. The molecule has 9 heteroatoms. The van der Waals surface area contributed by atoms with Crippen LogP contribution in [0.3, 0.4) is 0 Å². The quantitative estimate of drug-likeness (QED) is 0.777. The Morgan fingerprint density at radius 1 is 1.19 bits per heavy atom. The fourth-order valence-electron chi connectivity index (χ4n) is 4.34. The number of aryl methyl sites for hydroxylation is 1. The molecule has 4 rings (SSSR count). The third-order valence-corrected chi connectivity index (χ3v) is 5.96. The molecule has 3 amide bonds. The molecule has 1 aromatic carbocycles. The van der Waals surface area contributed by atoms with E-state index in [1.54, 1.807) is 23.2 Å². The minimum Gasteiger partial charge on any atom is -0.348 e. The number of likely N-dealkylation sites (tertiary alicyclic amines) is 1. The van der Waals surface area contributed by atoms with Crippen LogP contribution in [0.1, 0.15) is 48.4 Å². The summed E-state index contributed by atoms with van der Waals surface area (Å²) in [6.45, 7) is 5.77. The molecule has 0 bridgehead atoms. The van der Waals surface area contributed by atoms with Crippen LogP contribution in [-0.2, 0) is 18.5 Å². The number of carbonyl (C=O) groups is 2. The predicted octanol–water partition coefficient (Wildman–Crippen LogP) is 1.78. The first-order chi connectivity index (χ1) is 14.8. The first-order valence-corrected chi connectivity index (χ1v) is 10.5. The maximum absolute atomic E-state index is 13.0. The molecular formula is C22H26FN5O3. The van der Waals surface area contributed by atoms with E-state index in [0.717, 1.165) is 18.4 Å². The summed E-state index contributed by atoms with van der Waals surface area (Å²) >= 11 is 0. The van der Waals surface area contributed by atoms with E-state index in [2.05, 4.69) is 15.6 Å². The highest BCUT2D eigenvalue weighted by molar-refractivity contribution is 5.93. The van der Waals surface area contributed by atoms with Crippen molar-refractivity contribution < 1.29 is 14.0 Å². The SMILES string of the molecule is CC(C)NC(=O)N1CC[C@@]2(CCn3cc(C(=O)NCc4ccc(F)cc4)c(=O)nc32)C1. The van der Waals surface area contributed by atoms with Crippen molar-refractivity contribution in [2.45, 2.75) is 51.2 Å². The van der Waals surface area contributed by atoms with Gasteiger partial charge in [0.1, 0.15) is 17.2 Å². The Morgan fingerprint density at radius 2 is 1.90 bits per heavy atom. The second-order valence-electron chi connectivity index (χ2n) is 8.59. The van der Waals surface area contributed by atoms with Gasteiger partial charge in [-0.3, -0.25) is 9.59 Å². The number of rotatable bonds is 4. The zero-order valence-corrected chi connectivity index (χ0v) is 17.7. The topological polar surface area (TPSA) is 96.3 Å². The number of benzene rings is 1. The average Bonchev–Trinajstić information content (AvgIpc) is 3.31. The summed E-state index contributed by atoms with van der Waals surface area (Å²) in [4.78, 5) is 43.6. The van der Waals surface area contributed by atoms with E-state index < -0.39 is 11.5 Å². The molecule has 1 aromatic heterocycles. The Kier molecular flexibility index (Phi) is 5.51. The number of urea groups is 1. The minimum atomic E-state index is -0.575. The van der Waals surface area contributed by atoms with Gasteiger partial charge < -0.3 is 20.1 Å². The summed E-state index contributed by atoms with van der Waals surface area (Å²) in [5.41, 5.74) is -0.213. The van der Waals surface area contributed by atoms with E-state index in [-0.39, 0.29) is 35.4 Å². The third kappa shape index (κ3) is 4.17. The summed E-state index contributed by atoms with van der Waals surface area (Å²) in [5, 5.41) is 5.60. The standard InChI is InChI=1S/C22H26FN5O3/c1-14(2)25-21(31)28-10-8-22(13-28)7-9-27-12-17(19(30)26-20(22)27)18(29)24-11-15-3-5-16(23)6-4-15/h3-6,12,14H,7-11,13H2,1-2H3,(H,24,29)(H,25,31)/t22-/m0/s1. The van der Waals surface area contributed by atoms with Crippen molar-refractivity contribution in [3.8, 4) is 0 Å². The van der Waals surface area contributed by atoms with Crippen LogP contribution < -0.4 is 16.2 Å². The fraction of sp³-hybridized carbons (Fsp3) is 0.455. The van der Waals surface area contributed by atoms with Gasteiger partial charge in [-0.25, -0.2) is 9.18 Å². The second kappa shape index (κ2) is 8.13. The van der Waals surface area contributed by atoms with Gasteiger partial charge in [-0.2, -0.15) is 4.98 Å². The molecule has 1 fully saturated rings. The average molecular weight is 427 g/mol. The van der Waals surface area contributed by atoms with Crippen LogP contribution in [-0.4, -0.2) is 45.5 Å². The van der Waals surface area contributed by atoms with E-state index in [1.165, 1.54) is 12.1 Å². The Bertz CT molecular complexity index is 1070. The Balaban J connectivity index is 1.49. The Morgan fingerprint density at radius 3 is 2.61 bits per heavy atom. The zero-order chi connectivity index (χ0) is 22.2. The van der Waals surface area contributed by atoms with Crippen molar-refractivity contribution in [1.29, 1.82) is 0 Å². The highest BCUT2D eigenvalue weighted by Crippen LogP contribution is 2.41. The summed E-state index contributed by atoms with van der Waals surface area (Å²) in [7, 11) is 0. The van der Waals surface area contributed by atoms with Crippen molar-refractivity contribution in [3.63, 3.8) is 0 Å². The lowest BCUT2D eigenvalue weighted by Gasteiger charge is -2.24. The molecule has 164 valence electrons. The van der Waals surface area contributed by atoms with Gasteiger partial charge in [0.25, 0.3) is 11.5 Å². The number of hydrogen-bond donors (Lipinski definition) is 2. The number of nitrogens with one attached hydrogen (secondary N) is 2. The second-order valence-corrected chi connectivity index (χ2v) is 8.59. The summed E-state index contributed by atoms with van der Waals surface area (Å²) < 4.78 is 14.9. The molecule has 2 aromatic rings. The van der Waals surface area contributed by atoms with E-state index in [9.17, 15) is 18.8 Å². The van der Waals surface area contributed by atoms with Gasteiger partial charge in [0.2, 0.25) is 0 Å². The number of halogens is 1. The molecule has 8 nitrogen and oxygen atoms in total. The van der Waals surface area contributed by atoms with Gasteiger partial charge >= 0.3 is 6.03 Å². The molecule has 1 atom stereocenters. The van der Waals surface area contributed by atoms with Crippen LogP contribution >= 0.6 is 0 Å². The number of hydrogen-bond acceptors (Lipinski definition) is 4. The van der Waals surface area contributed by atoms with Crippen LogP contribution in [0, 0.1) is 5.82 Å². The molecule has 31 heavy (non-hydrogen) atoms. The van der Waals surface area contributed by atoms with E-state index in [0.29, 0.717) is 25.5 Å². The van der Waals surface area contributed by atoms with Gasteiger partial charge in [-0.05, 0) is 44.4 Å². The van der Waals surface area contributed by atoms with Crippen molar-refractivity contribution >= 4 is 11.9 Å². The predicted molar refractivity (Wildman–Crippen MR) is 112 cm³/mol. The number of aromatic nitrogens is 2. The van der Waals surface area contributed by atoms with E-state index in [4.69, 9.17) is 0 Å². The Labute approximate surface area is 179 Å². The monoisotopic (exact) mass is 427 g/mol. The zero-order valence-electron chi connectivity index (χ0n) is 17.7. The summed E-state index contributed by atoms with van der Waals surface area (Å²) in [6.07, 6.45) is 3.07. The van der Waals surface area contributed by atoms with Crippen molar-refractivity contribution in [2.24, 2.45) is 0 Å². The molecule has 1 spiro atoms. The fourth-order valence-corrected chi connectivity index (χ4v) is 4.34. The highest BCUT2D eigenvalue weighted by atomic mass is 19.1. The number of fused-ring (bicyclic) bond motifs is 2. The lowest BCUT2D eigenvalue weighted by molar-refractivity contribution is 0.0948. The molecular weight excluding hydrogens is 401 g/mol. The van der Waals surface area contributed by atoms with Gasteiger partial charge in [0, 0.05) is 43.8 Å². The third-order valence-electron chi connectivity index (χ3n) is 5.96. The van der Waals surface area contributed by atoms with Gasteiger partial charge in [-0.15, -0.1) is 0 Å². The van der Waals surface area contributed by atoms with Crippen LogP contribution in [0.5, 0.6) is 0 Å². The lowest BCUT2D eigenvalue weighted by Crippen LogP contribution is -2.43. The largest absolute Gasteiger partial charge is 0.348 e. The van der Waals surface area contributed by atoms with Crippen LogP contribution in [0.15, 0.2) is 35.3 Å². The first kappa shape index (κ1) is 21.0. The van der Waals surface area contributed by atoms with Gasteiger partial charge in [0.15, 0.2) is 0 Å². The maximum Gasteiger partial charge on any atom is 0.317 e. The minimum absolute atomic E-state index is 0.0182. The highest BCUT2D eigenvalue weighted by Gasteiger charge is 2.47. The molecule has 2 aliphatic heterocycles. The molecule has 3 heterocycles. The number of amides is 3. The molecule has 1 saturated heterocycles. The molecule has 0 aliphatic carbocycles. The summed E-state index contributed by atoms with van der Waals surface area (Å²) in [5.74, 6) is -0.216. The molecule has 0 saturated carbocycles. The number of carbonyl (C=O) groups excluding carboxylic acids is 2. The normalized spacial score (nSPS) is 19.7. The van der Waals surface area contributed by atoms with E-state index >= 15 is 0 Å². The van der Waals surface area contributed by atoms with Crippen LogP contribution in [0.4, 0.5) is 9.18 Å². The van der Waals surface area contributed by atoms with Crippen molar-refractivity contribution in [2.75, 3.05) is 13.1 Å². The van der Waals surface area contributed by atoms with Crippen molar-refractivity contribution in [3.05, 3.63) is 63.6 Å². The molecule has 2 N–H and O–H groups in total. The molecule has 0 radical (unpaired) electrons. The first-order valence-electron chi connectivity index (χ1n) is 10.5. The summed E-state index contributed by atoms with van der Waals surface area (Å²) in [6, 6.07) is 5.74. The van der Waals surface area contributed by atoms with E-state index in [1.807, 2.05) is 18.4 Å². The van der Waals surface area contributed by atoms with Gasteiger partial charge in [-0.1, -0.05) is 12.1 Å². The van der Waals surface area contributed by atoms with Crippen LogP contribution in [0.25, 0.3) is 0 Å². The Hall–Kier alpha value is -3.23.